The largest absolute Gasteiger partial charge is 0.0931 e. The summed E-state index contributed by atoms with van der Waals surface area (Å²) in [4.78, 5) is 0. The zero-order valence-corrected chi connectivity index (χ0v) is 23.7. The second-order valence-electron chi connectivity index (χ2n) is 11.1. The second kappa shape index (κ2) is 10.6. The molecule has 0 amide bonds. The highest BCUT2D eigenvalue weighted by Gasteiger charge is 2.20. The summed E-state index contributed by atoms with van der Waals surface area (Å²) in [7, 11) is 0. The molecule has 0 radical (unpaired) electrons. The van der Waals surface area contributed by atoms with E-state index >= 15 is 0 Å². The lowest BCUT2D eigenvalue weighted by molar-refractivity contribution is 1.36. The van der Waals surface area contributed by atoms with Gasteiger partial charge in [0.2, 0.25) is 0 Å². The van der Waals surface area contributed by atoms with E-state index in [0.29, 0.717) is 6.42 Å². The van der Waals surface area contributed by atoms with Crippen molar-refractivity contribution in [2.75, 3.05) is 0 Å². The molecule has 0 unspecified atom stereocenters. The van der Waals surface area contributed by atoms with Gasteiger partial charge in [0.25, 0.3) is 0 Å². The summed E-state index contributed by atoms with van der Waals surface area (Å²) in [6, 6.07) is 56.8. The molecule has 8 rings (SSSR count). The van der Waals surface area contributed by atoms with Gasteiger partial charge in [-0.05, 0) is 89.1 Å². The summed E-state index contributed by atoms with van der Waals surface area (Å²) in [6.45, 7) is 0. The predicted molar refractivity (Wildman–Crippen MR) is 184 cm³/mol. The van der Waals surface area contributed by atoms with Gasteiger partial charge < -0.3 is 0 Å². The van der Waals surface area contributed by atoms with Crippen LogP contribution in [0.25, 0.3) is 65.3 Å². The Morgan fingerprint density at radius 3 is 1.65 bits per heavy atom. The van der Waals surface area contributed by atoms with Gasteiger partial charge in [0, 0.05) is 12.0 Å². The van der Waals surface area contributed by atoms with Gasteiger partial charge in [-0.25, -0.2) is 0 Å². The quantitative estimate of drug-likeness (QED) is 0.153. The van der Waals surface area contributed by atoms with Crippen LogP contribution >= 0.6 is 0 Å². The van der Waals surface area contributed by atoms with Gasteiger partial charge in [-0.15, -0.1) is 0 Å². The smallest absolute Gasteiger partial charge is 0.0356 e. The van der Waals surface area contributed by atoms with Crippen LogP contribution in [0, 0.1) is 11.8 Å². The van der Waals surface area contributed by atoms with Crippen molar-refractivity contribution >= 4 is 43.1 Å². The van der Waals surface area contributed by atoms with Crippen LogP contribution in [0.3, 0.4) is 0 Å². The van der Waals surface area contributed by atoms with E-state index < -0.39 is 0 Å². The molecule has 0 fully saturated rings. The standard InChI is InChI=1S/C43H28/c1-2-13-30(14-3-1)15-10-25-40-38-28-27-33-18-6-9-23-36(33)41(38)29-42(37-24-11-19-31-16-4-7-21-34(31)37)43(40)39-26-12-20-32-17-5-8-22-35(32)39/h1-9,11-14,16-24,26-29H,25H2. The van der Waals surface area contributed by atoms with Crippen LogP contribution in [-0.4, -0.2) is 0 Å². The highest BCUT2D eigenvalue weighted by atomic mass is 14.2. The van der Waals surface area contributed by atoms with Crippen molar-refractivity contribution in [2.24, 2.45) is 0 Å². The van der Waals surface area contributed by atoms with E-state index in [1.165, 1.54) is 70.9 Å². The molecule has 0 aliphatic heterocycles. The van der Waals surface area contributed by atoms with Gasteiger partial charge in [0.1, 0.15) is 0 Å². The fourth-order valence-electron chi connectivity index (χ4n) is 6.59. The van der Waals surface area contributed by atoms with Gasteiger partial charge in [-0.1, -0.05) is 151 Å². The molecule has 0 aromatic heterocycles. The van der Waals surface area contributed by atoms with Crippen LogP contribution in [0.1, 0.15) is 11.1 Å². The molecule has 0 aliphatic carbocycles. The molecule has 0 bridgehead atoms. The van der Waals surface area contributed by atoms with E-state index in [0.717, 1.165) is 5.56 Å². The minimum absolute atomic E-state index is 0.640. The lowest BCUT2D eigenvalue weighted by atomic mass is 9.82. The van der Waals surface area contributed by atoms with Gasteiger partial charge in [0.15, 0.2) is 0 Å². The van der Waals surface area contributed by atoms with Crippen molar-refractivity contribution < 1.29 is 0 Å². The first kappa shape index (κ1) is 25.1. The summed E-state index contributed by atoms with van der Waals surface area (Å²) in [5, 5.41) is 10.0. The van der Waals surface area contributed by atoms with E-state index in [1.807, 2.05) is 18.2 Å². The molecule has 0 atom stereocenters. The number of benzene rings is 8. The second-order valence-corrected chi connectivity index (χ2v) is 11.1. The Labute approximate surface area is 251 Å². The van der Waals surface area contributed by atoms with Crippen molar-refractivity contribution in [3.8, 4) is 34.1 Å². The molecule has 0 aliphatic rings. The van der Waals surface area contributed by atoms with Gasteiger partial charge in [-0.3, -0.25) is 0 Å². The van der Waals surface area contributed by atoms with Gasteiger partial charge in [-0.2, -0.15) is 0 Å². The lowest BCUT2D eigenvalue weighted by Crippen LogP contribution is -1.98. The third kappa shape index (κ3) is 4.44. The van der Waals surface area contributed by atoms with E-state index in [-0.39, 0.29) is 0 Å². The topological polar surface area (TPSA) is 0 Å². The molecule has 0 nitrogen and oxygen atoms in total. The first-order valence-corrected chi connectivity index (χ1v) is 14.8. The first-order chi connectivity index (χ1) is 21.3. The van der Waals surface area contributed by atoms with E-state index in [2.05, 4.69) is 151 Å². The summed E-state index contributed by atoms with van der Waals surface area (Å²) in [5.41, 5.74) is 7.30. The third-order valence-electron chi connectivity index (χ3n) is 8.57. The fraction of sp³-hybridized carbons (Fsp3) is 0.0233. The Balaban J connectivity index is 1.54. The molecule has 43 heavy (non-hydrogen) atoms. The minimum Gasteiger partial charge on any atom is -0.0931 e. The molecular weight excluding hydrogens is 516 g/mol. The third-order valence-corrected chi connectivity index (χ3v) is 8.57. The van der Waals surface area contributed by atoms with Crippen LogP contribution < -0.4 is 0 Å². The molecule has 0 saturated carbocycles. The van der Waals surface area contributed by atoms with E-state index in [4.69, 9.17) is 0 Å². The van der Waals surface area contributed by atoms with Gasteiger partial charge in [0.05, 0.1) is 0 Å². The van der Waals surface area contributed by atoms with Crippen LogP contribution in [-0.2, 0) is 6.42 Å². The zero-order valence-electron chi connectivity index (χ0n) is 23.7. The molecule has 0 N–H and O–H groups in total. The molecule has 8 aromatic carbocycles. The van der Waals surface area contributed by atoms with Gasteiger partial charge >= 0.3 is 0 Å². The Bertz CT molecular complexity index is 2350. The zero-order chi connectivity index (χ0) is 28.6. The maximum Gasteiger partial charge on any atom is 0.0356 e. The van der Waals surface area contributed by atoms with Crippen LogP contribution in [0.15, 0.2) is 158 Å². The van der Waals surface area contributed by atoms with Crippen molar-refractivity contribution in [3.63, 3.8) is 0 Å². The number of hydrogen-bond acceptors (Lipinski definition) is 0. The number of fused-ring (bicyclic) bond motifs is 5. The monoisotopic (exact) mass is 544 g/mol. The van der Waals surface area contributed by atoms with E-state index in [9.17, 15) is 0 Å². The molecule has 0 spiro atoms. The van der Waals surface area contributed by atoms with Crippen molar-refractivity contribution in [3.05, 3.63) is 169 Å². The Morgan fingerprint density at radius 2 is 0.930 bits per heavy atom. The number of hydrogen-bond donors (Lipinski definition) is 0. The highest BCUT2D eigenvalue weighted by Crippen LogP contribution is 2.45. The predicted octanol–water partition coefficient (Wildman–Crippen LogP) is 11.2. The average molecular weight is 545 g/mol. The van der Waals surface area contributed by atoms with Crippen LogP contribution in [0.4, 0.5) is 0 Å². The highest BCUT2D eigenvalue weighted by molar-refractivity contribution is 6.16. The normalized spacial score (nSPS) is 11.2. The van der Waals surface area contributed by atoms with Crippen molar-refractivity contribution in [2.45, 2.75) is 6.42 Å². The summed E-state index contributed by atoms with van der Waals surface area (Å²) in [6.07, 6.45) is 0.640. The average Bonchev–Trinajstić information content (AvgIpc) is 3.08. The van der Waals surface area contributed by atoms with E-state index in [1.54, 1.807) is 0 Å². The molecule has 0 heterocycles. The maximum absolute atomic E-state index is 3.58. The molecule has 0 saturated heterocycles. The Hall–Kier alpha value is -5.64. The maximum atomic E-state index is 3.58. The molecular formula is C43H28. The number of rotatable bonds is 3. The summed E-state index contributed by atoms with van der Waals surface area (Å²) < 4.78 is 0. The minimum atomic E-state index is 0.640. The van der Waals surface area contributed by atoms with Crippen LogP contribution in [0.2, 0.25) is 0 Å². The van der Waals surface area contributed by atoms with Crippen LogP contribution in [0.5, 0.6) is 0 Å². The Kier molecular flexibility index (Phi) is 6.21. The SMILES string of the molecule is C(#Cc1ccccc1)Cc1c(-c2cccc3ccccc23)c(-c2cccc3ccccc23)cc2c1ccc1ccccc12. The summed E-state index contributed by atoms with van der Waals surface area (Å²) in [5.74, 6) is 7.03. The molecule has 8 aromatic rings. The Morgan fingerprint density at radius 1 is 0.372 bits per heavy atom. The van der Waals surface area contributed by atoms with Crippen molar-refractivity contribution in [1.29, 1.82) is 0 Å². The van der Waals surface area contributed by atoms with Crippen molar-refractivity contribution in [1.82, 2.24) is 0 Å². The first-order valence-electron chi connectivity index (χ1n) is 14.8. The summed E-state index contributed by atoms with van der Waals surface area (Å²) >= 11 is 0. The molecule has 0 heteroatoms. The molecule has 200 valence electrons. The lowest BCUT2D eigenvalue weighted by Gasteiger charge is -2.21. The fourth-order valence-corrected chi connectivity index (χ4v) is 6.59.